The number of aromatic nitrogens is 1. The van der Waals surface area contributed by atoms with E-state index in [2.05, 4.69) is 4.98 Å². The number of amides is 1. The summed E-state index contributed by atoms with van der Waals surface area (Å²) < 4.78 is 5.24. The van der Waals surface area contributed by atoms with Crippen molar-refractivity contribution in [2.75, 3.05) is 24.8 Å². The van der Waals surface area contributed by atoms with E-state index in [4.69, 9.17) is 22.1 Å². The van der Waals surface area contributed by atoms with E-state index in [1.807, 2.05) is 12.1 Å². The molecule has 5 nitrogen and oxygen atoms in total. The molecule has 0 saturated carbocycles. The predicted molar refractivity (Wildman–Crippen MR) is 79.4 cm³/mol. The molecule has 0 bridgehead atoms. The van der Waals surface area contributed by atoms with Gasteiger partial charge in [0.15, 0.2) is 0 Å². The number of ether oxygens (including phenoxy) is 1. The summed E-state index contributed by atoms with van der Waals surface area (Å²) in [6.45, 7) is 0. The molecule has 2 aromatic rings. The monoisotopic (exact) mass is 291 g/mol. The van der Waals surface area contributed by atoms with Crippen LogP contribution >= 0.6 is 11.6 Å². The zero-order valence-electron chi connectivity index (χ0n) is 11.1. The van der Waals surface area contributed by atoms with Crippen LogP contribution in [0, 0.1) is 0 Å². The maximum Gasteiger partial charge on any atom is 0.259 e. The first kappa shape index (κ1) is 14.1. The molecular weight excluding hydrogens is 278 g/mol. The zero-order chi connectivity index (χ0) is 14.7. The second-order valence-electron chi connectivity index (χ2n) is 4.13. The number of carbonyl (C=O) groups is 1. The van der Waals surface area contributed by atoms with E-state index in [9.17, 15) is 4.79 Å². The summed E-state index contributed by atoms with van der Waals surface area (Å²) in [5.74, 6) is 0.557. The molecule has 0 aliphatic heterocycles. The Morgan fingerprint density at radius 3 is 2.80 bits per heavy atom. The fourth-order valence-corrected chi connectivity index (χ4v) is 2.00. The molecule has 1 amide bonds. The molecule has 0 unspecified atom stereocenters. The quantitative estimate of drug-likeness (QED) is 0.944. The number of nitrogens with zero attached hydrogens (tertiary/aromatic N) is 2. The van der Waals surface area contributed by atoms with E-state index in [1.54, 1.807) is 26.3 Å². The lowest BCUT2D eigenvalue weighted by molar-refractivity contribution is 0.0992. The summed E-state index contributed by atoms with van der Waals surface area (Å²) in [7, 11) is 3.20. The molecule has 0 saturated heterocycles. The van der Waals surface area contributed by atoms with Crippen molar-refractivity contribution < 1.29 is 9.53 Å². The molecule has 104 valence electrons. The molecule has 2 N–H and O–H groups in total. The molecule has 0 atom stereocenters. The Morgan fingerprint density at radius 1 is 1.40 bits per heavy atom. The van der Waals surface area contributed by atoms with Crippen LogP contribution in [0.15, 0.2) is 36.5 Å². The van der Waals surface area contributed by atoms with Crippen LogP contribution in [-0.2, 0) is 0 Å². The number of rotatable bonds is 3. The molecule has 0 fully saturated rings. The highest BCUT2D eigenvalue weighted by atomic mass is 35.5. The van der Waals surface area contributed by atoms with Crippen molar-refractivity contribution >= 4 is 29.0 Å². The standard InChI is InChI=1S/C14H14ClN3O2/c1-18(11-5-3-4-6-12(11)20-2)14(19)9-7-13(16)17-8-10(9)15/h3-8H,1-2H3,(H2,16,17). The summed E-state index contributed by atoms with van der Waals surface area (Å²) in [6.07, 6.45) is 1.36. The third-order valence-electron chi connectivity index (χ3n) is 2.86. The Hall–Kier alpha value is -2.27. The van der Waals surface area contributed by atoms with Gasteiger partial charge in [0.25, 0.3) is 5.91 Å². The van der Waals surface area contributed by atoms with Gasteiger partial charge in [0.05, 0.1) is 23.4 Å². The molecule has 1 aromatic carbocycles. The normalized spacial score (nSPS) is 10.2. The van der Waals surface area contributed by atoms with Gasteiger partial charge in [-0.05, 0) is 18.2 Å². The van der Waals surface area contributed by atoms with E-state index in [0.717, 1.165) is 0 Å². The Bertz CT molecular complexity index is 646. The van der Waals surface area contributed by atoms with Gasteiger partial charge < -0.3 is 15.4 Å². The number of methoxy groups -OCH3 is 1. The number of carbonyl (C=O) groups excluding carboxylic acids is 1. The van der Waals surface area contributed by atoms with E-state index < -0.39 is 0 Å². The number of pyridine rings is 1. The van der Waals surface area contributed by atoms with Crippen LogP contribution in [0.1, 0.15) is 10.4 Å². The highest BCUT2D eigenvalue weighted by Gasteiger charge is 2.19. The van der Waals surface area contributed by atoms with Crippen LogP contribution in [0.3, 0.4) is 0 Å². The average molecular weight is 292 g/mol. The fraction of sp³-hybridized carbons (Fsp3) is 0.143. The topological polar surface area (TPSA) is 68.5 Å². The van der Waals surface area contributed by atoms with Gasteiger partial charge >= 0.3 is 0 Å². The maximum atomic E-state index is 12.5. The Labute approximate surface area is 121 Å². The molecular formula is C14H14ClN3O2. The molecule has 0 spiro atoms. The van der Waals surface area contributed by atoms with Gasteiger partial charge in [-0.15, -0.1) is 0 Å². The summed E-state index contributed by atoms with van der Waals surface area (Å²) >= 11 is 6.00. The first-order chi connectivity index (χ1) is 9.54. The number of anilines is 2. The van der Waals surface area contributed by atoms with Gasteiger partial charge in [0.2, 0.25) is 0 Å². The molecule has 0 aliphatic carbocycles. The Balaban J connectivity index is 2.40. The second kappa shape index (κ2) is 5.79. The van der Waals surface area contributed by atoms with E-state index >= 15 is 0 Å². The molecule has 6 heteroatoms. The zero-order valence-corrected chi connectivity index (χ0v) is 11.9. The number of hydrogen-bond acceptors (Lipinski definition) is 4. The minimum absolute atomic E-state index is 0.242. The van der Waals surface area contributed by atoms with E-state index in [0.29, 0.717) is 17.0 Å². The predicted octanol–water partition coefficient (Wildman–Crippen LogP) is 2.60. The molecule has 1 aromatic heterocycles. The number of nitrogens with two attached hydrogens (primary N) is 1. The molecule has 0 radical (unpaired) electrons. The molecule has 2 rings (SSSR count). The lowest BCUT2D eigenvalue weighted by atomic mass is 10.2. The molecule has 0 aliphatic rings. The van der Waals surface area contributed by atoms with Crippen molar-refractivity contribution in [1.29, 1.82) is 0 Å². The summed E-state index contributed by atoms with van der Waals surface area (Å²) in [5.41, 5.74) is 6.54. The van der Waals surface area contributed by atoms with Crippen molar-refractivity contribution in [2.24, 2.45) is 0 Å². The van der Waals surface area contributed by atoms with Gasteiger partial charge in [-0.2, -0.15) is 0 Å². The lowest BCUT2D eigenvalue weighted by Gasteiger charge is -2.20. The van der Waals surface area contributed by atoms with Gasteiger partial charge in [-0.25, -0.2) is 4.98 Å². The SMILES string of the molecule is COc1ccccc1N(C)C(=O)c1cc(N)ncc1Cl. The molecule has 20 heavy (non-hydrogen) atoms. The first-order valence-corrected chi connectivity index (χ1v) is 6.24. The van der Waals surface area contributed by atoms with Crippen molar-refractivity contribution in [2.45, 2.75) is 0 Å². The number of benzene rings is 1. The van der Waals surface area contributed by atoms with Crippen LogP contribution in [0.2, 0.25) is 5.02 Å². The first-order valence-electron chi connectivity index (χ1n) is 5.86. The van der Waals surface area contributed by atoms with Gasteiger partial charge in [-0.3, -0.25) is 4.79 Å². The largest absolute Gasteiger partial charge is 0.495 e. The minimum atomic E-state index is -0.284. The minimum Gasteiger partial charge on any atom is -0.495 e. The fourth-order valence-electron chi connectivity index (χ4n) is 1.82. The Morgan fingerprint density at radius 2 is 2.10 bits per heavy atom. The molecule has 1 heterocycles. The summed E-state index contributed by atoms with van der Waals surface area (Å²) in [6, 6.07) is 8.68. The smallest absolute Gasteiger partial charge is 0.259 e. The van der Waals surface area contributed by atoms with E-state index in [-0.39, 0.29) is 16.7 Å². The van der Waals surface area contributed by atoms with E-state index in [1.165, 1.54) is 17.2 Å². The van der Waals surface area contributed by atoms with Crippen molar-refractivity contribution in [3.63, 3.8) is 0 Å². The third-order valence-corrected chi connectivity index (χ3v) is 3.16. The van der Waals surface area contributed by atoms with Crippen molar-refractivity contribution in [1.82, 2.24) is 4.98 Å². The Kier molecular flexibility index (Phi) is 4.10. The number of halogens is 1. The van der Waals surface area contributed by atoms with Crippen LogP contribution in [0.4, 0.5) is 11.5 Å². The highest BCUT2D eigenvalue weighted by molar-refractivity contribution is 6.34. The van der Waals surface area contributed by atoms with Crippen molar-refractivity contribution in [3.05, 3.63) is 47.1 Å². The number of para-hydroxylation sites is 2. The average Bonchev–Trinajstić information content (AvgIpc) is 2.48. The van der Waals surface area contributed by atoms with Gasteiger partial charge in [-0.1, -0.05) is 23.7 Å². The summed E-state index contributed by atoms with van der Waals surface area (Å²) in [4.78, 5) is 17.8. The third kappa shape index (κ3) is 2.67. The van der Waals surface area contributed by atoms with Gasteiger partial charge in [0.1, 0.15) is 11.6 Å². The lowest BCUT2D eigenvalue weighted by Crippen LogP contribution is -2.27. The van der Waals surface area contributed by atoms with Gasteiger partial charge in [0, 0.05) is 13.2 Å². The number of hydrogen-bond donors (Lipinski definition) is 1. The van der Waals surface area contributed by atoms with Crippen LogP contribution in [0.5, 0.6) is 5.75 Å². The van der Waals surface area contributed by atoms with Crippen LogP contribution in [-0.4, -0.2) is 25.0 Å². The maximum absolute atomic E-state index is 12.5. The highest BCUT2D eigenvalue weighted by Crippen LogP contribution is 2.29. The second-order valence-corrected chi connectivity index (χ2v) is 4.53. The van der Waals surface area contributed by atoms with Crippen LogP contribution in [0.25, 0.3) is 0 Å². The number of nitrogen functional groups attached to an aromatic ring is 1. The van der Waals surface area contributed by atoms with Crippen LogP contribution < -0.4 is 15.4 Å². The summed E-state index contributed by atoms with van der Waals surface area (Å²) in [5, 5.41) is 0.256. The van der Waals surface area contributed by atoms with Crippen molar-refractivity contribution in [3.8, 4) is 5.75 Å².